The Labute approximate surface area is 98.0 Å². The van der Waals surface area contributed by atoms with Crippen molar-refractivity contribution in [2.45, 2.75) is 58.2 Å². The SMILES string of the molecule is CC(C(=O)NC(C)(C)C)N1CCC[C@H]1CO. The highest BCUT2D eigenvalue weighted by Crippen LogP contribution is 2.20. The highest BCUT2D eigenvalue weighted by atomic mass is 16.3. The van der Waals surface area contributed by atoms with Crippen LogP contribution in [0, 0.1) is 0 Å². The summed E-state index contributed by atoms with van der Waals surface area (Å²) in [5.74, 6) is 0.0489. The van der Waals surface area contributed by atoms with Crippen molar-refractivity contribution < 1.29 is 9.90 Å². The Hall–Kier alpha value is -0.610. The number of aliphatic hydroxyl groups is 1. The topological polar surface area (TPSA) is 52.6 Å². The molecule has 1 saturated heterocycles. The third-order valence-corrected chi connectivity index (χ3v) is 3.01. The van der Waals surface area contributed by atoms with Crippen molar-refractivity contribution >= 4 is 5.91 Å². The second kappa shape index (κ2) is 5.15. The summed E-state index contributed by atoms with van der Waals surface area (Å²) in [5, 5.41) is 12.2. The fraction of sp³-hybridized carbons (Fsp3) is 0.917. The van der Waals surface area contributed by atoms with Crippen molar-refractivity contribution in [2.24, 2.45) is 0 Å². The van der Waals surface area contributed by atoms with Gasteiger partial charge >= 0.3 is 0 Å². The fourth-order valence-electron chi connectivity index (χ4n) is 2.19. The molecule has 0 aromatic heterocycles. The van der Waals surface area contributed by atoms with Crippen LogP contribution in [-0.4, -0.2) is 46.7 Å². The van der Waals surface area contributed by atoms with Crippen molar-refractivity contribution in [3.05, 3.63) is 0 Å². The number of carbonyl (C=O) groups excluding carboxylic acids is 1. The van der Waals surface area contributed by atoms with Crippen LogP contribution in [0.1, 0.15) is 40.5 Å². The molecule has 4 nitrogen and oxygen atoms in total. The van der Waals surface area contributed by atoms with Crippen LogP contribution >= 0.6 is 0 Å². The second-order valence-corrected chi connectivity index (χ2v) is 5.63. The summed E-state index contributed by atoms with van der Waals surface area (Å²) in [6, 6.07) is -0.000377. The summed E-state index contributed by atoms with van der Waals surface area (Å²) in [6.45, 7) is 8.90. The van der Waals surface area contributed by atoms with Gasteiger partial charge in [0.25, 0.3) is 0 Å². The minimum absolute atomic E-state index is 0.0489. The number of hydrogen-bond donors (Lipinski definition) is 2. The van der Waals surface area contributed by atoms with Gasteiger partial charge in [-0.05, 0) is 47.1 Å². The lowest BCUT2D eigenvalue weighted by atomic mass is 10.1. The van der Waals surface area contributed by atoms with E-state index in [0.717, 1.165) is 19.4 Å². The van der Waals surface area contributed by atoms with Crippen LogP contribution in [0.5, 0.6) is 0 Å². The molecule has 1 amide bonds. The predicted molar refractivity (Wildman–Crippen MR) is 64.2 cm³/mol. The van der Waals surface area contributed by atoms with Gasteiger partial charge in [0.1, 0.15) is 0 Å². The van der Waals surface area contributed by atoms with E-state index in [1.54, 1.807) is 0 Å². The molecule has 0 spiro atoms. The molecule has 16 heavy (non-hydrogen) atoms. The summed E-state index contributed by atoms with van der Waals surface area (Å²) in [6.07, 6.45) is 2.06. The minimum atomic E-state index is -0.195. The Morgan fingerprint density at radius 1 is 1.56 bits per heavy atom. The van der Waals surface area contributed by atoms with Crippen LogP contribution in [0.2, 0.25) is 0 Å². The van der Waals surface area contributed by atoms with Gasteiger partial charge in [-0.25, -0.2) is 0 Å². The van der Waals surface area contributed by atoms with Crippen molar-refractivity contribution in [3.8, 4) is 0 Å². The number of rotatable bonds is 3. The third-order valence-electron chi connectivity index (χ3n) is 3.01. The largest absolute Gasteiger partial charge is 0.395 e. The summed E-state index contributed by atoms with van der Waals surface area (Å²) < 4.78 is 0. The highest BCUT2D eigenvalue weighted by Gasteiger charge is 2.32. The number of nitrogens with zero attached hydrogens (tertiary/aromatic N) is 1. The van der Waals surface area contributed by atoms with Crippen LogP contribution in [0.4, 0.5) is 0 Å². The van der Waals surface area contributed by atoms with Crippen LogP contribution in [-0.2, 0) is 4.79 Å². The molecule has 1 fully saturated rings. The lowest BCUT2D eigenvalue weighted by Crippen LogP contribution is -2.52. The van der Waals surface area contributed by atoms with Crippen LogP contribution < -0.4 is 5.32 Å². The molecular weight excluding hydrogens is 204 g/mol. The highest BCUT2D eigenvalue weighted by molar-refractivity contribution is 5.82. The number of aliphatic hydroxyl groups excluding tert-OH is 1. The van der Waals surface area contributed by atoms with Gasteiger partial charge in [-0.3, -0.25) is 9.69 Å². The maximum Gasteiger partial charge on any atom is 0.237 e. The molecule has 0 radical (unpaired) electrons. The number of nitrogens with one attached hydrogen (secondary N) is 1. The standard InChI is InChI=1S/C12H24N2O2/c1-9(11(16)13-12(2,3)4)14-7-5-6-10(14)8-15/h9-10,15H,5-8H2,1-4H3,(H,13,16)/t9?,10-/m0/s1. The molecule has 94 valence electrons. The van der Waals surface area contributed by atoms with Crippen LogP contribution in [0.3, 0.4) is 0 Å². The van der Waals surface area contributed by atoms with E-state index in [1.165, 1.54) is 0 Å². The van der Waals surface area contributed by atoms with Gasteiger partial charge in [-0.1, -0.05) is 0 Å². The van der Waals surface area contributed by atoms with Crippen molar-refractivity contribution in [1.29, 1.82) is 0 Å². The van der Waals surface area contributed by atoms with Crippen molar-refractivity contribution in [1.82, 2.24) is 10.2 Å². The van der Waals surface area contributed by atoms with E-state index in [4.69, 9.17) is 0 Å². The average Bonchev–Trinajstić information content (AvgIpc) is 2.61. The first kappa shape index (κ1) is 13.5. The first-order valence-corrected chi connectivity index (χ1v) is 6.04. The summed E-state index contributed by atoms with van der Waals surface area (Å²) in [4.78, 5) is 14.1. The molecule has 4 heteroatoms. The molecule has 1 rings (SSSR count). The van der Waals surface area contributed by atoms with Crippen molar-refractivity contribution in [3.63, 3.8) is 0 Å². The molecular formula is C12H24N2O2. The average molecular weight is 228 g/mol. The zero-order valence-corrected chi connectivity index (χ0v) is 10.8. The number of hydrogen-bond acceptors (Lipinski definition) is 3. The number of likely N-dealkylation sites (tertiary alicyclic amines) is 1. The first-order chi connectivity index (χ1) is 7.35. The predicted octanol–water partition coefficient (Wildman–Crippen LogP) is 0.746. The number of carbonyl (C=O) groups is 1. The Bertz CT molecular complexity index is 248. The number of amides is 1. The lowest BCUT2D eigenvalue weighted by molar-refractivity contribution is -0.127. The summed E-state index contributed by atoms with van der Waals surface area (Å²) in [5.41, 5.74) is -0.195. The van der Waals surface area contributed by atoms with Gasteiger partial charge in [-0.15, -0.1) is 0 Å². The smallest absolute Gasteiger partial charge is 0.237 e. The van der Waals surface area contributed by atoms with Crippen LogP contribution in [0.25, 0.3) is 0 Å². The third kappa shape index (κ3) is 3.46. The molecule has 0 aromatic carbocycles. The lowest BCUT2D eigenvalue weighted by Gasteiger charge is -2.31. The molecule has 1 unspecified atom stereocenters. The van der Waals surface area contributed by atoms with Gasteiger partial charge in [0, 0.05) is 11.6 Å². The monoisotopic (exact) mass is 228 g/mol. The quantitative estimate of drug-likeness (QED) is 0.749. The van der Waals surface area contributed by atoms with E-state index in [1.807, 2.05) is 27.7 Å². The zero-order chi connectivity index (χ0) is 12.3. The molecule has 0 aliphatic carbocycles. The maximum absolute atomic E-state index is 12.0. The van der Waals surface area contributed by atoms with E-state index in [0.29, 0.717) is 0 Å². The van der Waals surface area contributed by atoms with Crippen molar-refractivity contribution in [2.75, 3.05) is 13.2 Å². The van der Waals surface area contributed by atoms with Gasteiger partial charge in [-0.2, -0.15) is 0 Å². The first-order valence-electron chi connectivity index (χ1n) is 6.04. The van der Waals surface area contributed by atoms with Gasteiger partial charge in [0.2, 0.25) is 5.91 Å². The van der Waals surface area contributed by atoms with E-state index in [9.17, 15) is 9.90 Å². The zero-order valence-electron chi connectivity index (χ0n) is 10.8. The van der Waals surface area contributed by atoms with E-state index < -0.39 is 0 Å². The summed E-state index contributed by atoms with van der Waals surface area (Å²) in [7, 11) is 0. The maximum atomic E-state index is 12.0. The van der Waals surface area contributed by atoms with Gasteiger partial charge < -0.3 is 10.4 Å². The fourth-order valence-corrected chi connectivity index (χ4v) is 2.19. The molecule has 0 saturated carbocycles. The molecule has 1 heterocycles. The summed E-state index contributed by atoms with van der Waals surface area (Å²) >= 11 is 0. The van der Waals surface area contributed by atoms with Gasteiger partial charge in [0.05, 0.1) is 12.6 Å². The molecule has 2 atom stereocenters. The Morgan fingerprint density at radius 2 is 2.19 bits per heavy atom. The van der Waals surface area contributed by atoms with E-state index in [-0.39, 0.29) is 30.1 Å². The van der Waals surface area contributed by atoms with E-state index in [2.05, 4.69) is 10.2 Å². The molecule has 1 aliphatic rings. The molecule has 1 aliphatic heterocycles. The van der Waals surface area contributed by atoms with Crippen LogP contribution in [0.15, 0.2) is 0 Å². The molecule has 2 N–H and O–H groups in total. The molecule has 0 aromatic rings. The minimum Gasteiger partial charge on any atom is -0.395 e. The molecule has 0 bridgehead atoms. The second-order valence-electron chi connectivity index (χ2n) is 5.63. The Morgan fingerprint density at radius 3 is 2.69 bits per heavy atom. The van der Waals surface area contributed by atoms with Gasteiger partial charge in [0.15, 0.2) is 0 Å². The Balaban J connectivity index is 2.56. The Kier molecular flexibility index (Phi) is 4.33. The van der Waals surface area contributed by atoms with E-state index >= 15 is 0 Å². The normalized spacial score (nSPS) is 24.4.